The summed E-state index contributed by atoms with van der Waals surface area (Å²) in [5.74, 6) is 0.809. The van der Waals surface area contributed by atoms with Crippen LogP contribution in [0.5, 0.6) is 0 Å². The van der Waals surface area contributed by atoms with E-state index >= 15 is 0 Å². The maximum Gasteiger partial charge on any atom is 0.193 e. The lowest BCUT2D eigenvalue weighted by Gasteiger charge is -2.33. The number of nitrogens with one attached hydrogen (secondary N) is 2. The molecular formula is C20H27N5S. The molecule has 0 aliphatic heterocycles. The molecular weight excluding hydrogens is 342 g/mol. The molecule has 0 unspecified atom stereocenters. The summed E-state index contributed by atoms with van der Waals surface area (Å²) >= 11 is 1.64. The van der Waals surface area contributed by atoms with Crippen LogP contribution in [-0.4, -0.2) is 28.9 Å². The molecule has 0 bridgehead atoms. The van der Waals surface area contributed by atoms with Crippen molar-refractivity contribution in [2.75, 3.05) is 13.6 Å². The number of fused-ring (bicyclic) bond motifs is 1. The third-order valence-electron chi connectivity index (χ3n) is 5.14. The lowest BCUT2D eigenvalue weighted by atomic mass is 9.76. The van der Waals surface area contributed by atoms with Gasteiger partial charge in [-0.25, -0.2) is 4.98 Å². The SMILES string of the molecule is CCC(CC)(CNC(=NC)NCc1cn2ccsc2n1)c1ccccc1. The summed E-state index contributed by atoms with van der Waals surface area (Å²) in [6.07, 6.45) is 6.24. The van der Waals surface area contributed by atoms with Gasteiger partial charge in [0.05, 0.1) is 12.2 Å². The first-order chi connectivity index (χ1) is 12.7. The molecule has 138 valence electrons. The van der Waals surface area contributed by atoms with Gasteiger partial charge in [-0.15, -0.1) is 11.3 Å². The second kappa shape index (κ2) is 8.36. The van der Waals surface area contributed by atoms with E-state index in [9.17, 15) is 0 Å². The average Bonchev–Trinajstić information content (AvgIpc) is 3.28. The standard InChI is InChI=1S/C20H27N5S/c1-4-20(5-2,16-9-7-6-8-10-16)15-23-18(21-3)22-13-17-14-25-11-12-26-19(25)24-17/h6-12,14H,4-5,13,15H2,1-3H3,(H2,21,22,23). The summed E-state index contributed by atoms with van der Waals surface area (Å²) in [6, 6.07) is 10.8. The largest absolute Gasteiger partial charge is 0.356 e. The first-order valence-corrected chi connectivity index (χ1v) is 10.00. The van der Waals surface area contributed by atoms with E-state index in [-0.39, 0.29) is 5.41 Å². The van der Waals surface area contributed by atoms with E-state index in [0.29, 0.717) is 6.54 Å². The molecule has 6 heteroatoms. The lowest BCUT2D eigenvalue weighted by molar-refractivity contribution is 0.389. The Labute approximate surface area is 159 Å². The van der Waals surface area contributed by atoms with Crippen LogP contribution < -0.4 is 10.6 Å². The number of imidazole rings is 1. The van der Waals surface area contributed by atoms with Gasteiger partial charge in [0.15, 0.2) is 10.9 Å². The number of aliphatic imine (C=N–C) groups is 1. The minimum absolute atomic E-state index is 0.107. The zero-order chi connectivity index (χ0) is 18.4. The molecule has 5 nitrogen and oxygen atoms in total. The summed E-state index contributed by atoms with van der Waals surface area (Å²) < 4.78 is 2.05. The fraction of sp³-hybridized carbons (Fsp3) is 0.400. The first kappa shape index (κ1) is 18.5. The first-order valence-electron chi connectivity index (χ1n) is 9.12. The van der Waals surface area contributed by atoms with E-state index in [1.807, 2.05) is 23.0 Å². The van der Waals surface area contributed by atoms with Gasteiger partial charge in [-0.3, -0.25) is 9.39 Å². The molecule has 3 aromatic rings. The highest BCUT2D eigenvalue weighted by atomic mass is 32.1. The van der Waals surface area contributed by atoms with E-state index < -0.39 is 0 Å². The molecule has 26 heavy (non-hydrogen) atoms. The number of aromatic nitrogens is 2. The van der Waals surface area contributed by atoms with Crippen LogP contribution in [0.15, 0.2) is 53.1 Å². The number of thiazole rings is 1. The van der Waals surface area contributed by atoms with E-state index in [1.54, 1.807) is 11.3 Å². The van der Waals surface area contributed by atoms with Crippen LogP contribution in [0.2, 0.25) is 0 Å². The third-order valence-corrected chi connectivity index (χ3v) is 5.91. The average molecular weight is 370 g/mol. The van der Waals surface area contributed by atoms with Gasteiger partial charge in [-0.05, 0) is 18.4 Å². The zero-order valence-corrected chi connectivity index (χ0v) is 16.5. The summed E-state index contributed by atoms with van der Waals surface area (Å²) in [5, 5.41) is 8.93. The van der Waals surface area contributed by atoms with Crippen molar-refractivity contribution in [3.8, 4) is 0 Å². The normalized spacial score (nSPS) is 12.5. The Morgan fingerprint density at radius 1 is 1.19 bits per heavy atom. The van der Waals surface area contributed by atoms with Crippen molar-refractivity contribution in [2.45, 2.75) is 38.6 Å². The number of rotatable bonds is 7. The molecule has 3 rings (SSSR count). The zero-order valence-electron chi connectivity index (χ0n) is 15.7. The second-order valence-electron chi connectivity index (χ2n) is 6.46. The molecule has 0 spiro atoms. The molecule has 0 atom stereocenters. The Bertz CT molecular complexity index is 817. The summed E-state index contributed by atoms with van der Waals surface area (Å²) in [6.45, 7) is 6.02. The smallest absolute Gasteiger partial charge is 0.193 e. The van der Waals surface area contributed by atoms with Crippen LogP contribution in [0, 0.1) is 0 Å². The number of guanidine groups is 1. The summed E-state index contributed by atoms with van der Waals surface area (Å²) in [5.41, 5.74) is 2.50. The van der Waals surface area contributed by atoms with Gasteiger partial charge in [-0.1, -0.05) is 44.2 Å². The molecule has 2 N–H and O–H groups in total. The molecule has 0 aliphatic carbocycles. The summed E-state index contributed by atoms with van der Waals surface area (Å²) in [4.78, 5) is 9.99. The minimum Gasteiger partial charge on any atom is -0.356 e. The van der Waals surface area contributed by atoms with Gasteiger partial charge >= 0.3 is 0 Å². The fourth-order valence-corrected chi connectivity index (χ4v) is 4.03. The number of hydrogen-bond acceptors (Lipinski definition) is 3. The van der Waals surface area contributed by atoms with Crippen LogP contribution in [-0.2, 0) is 12.0 Å². The van der Waals surface area contributed by atoms with Crippen molar-refractivity contribution >= 4 is 22.3 Å². The quantitative estimate of drug-likeness (QED) is 0.492. The van der Waals surface area contributed by atoms with E-state index in [1.165, 1.54) is 5.56 Å². The van der Waals surface area contributed by atoms with Crippen LogP contribution in [0.4, 0.5) is 0 Å². The van der Waals surface area contributed by atoms with Gasteiger partial charge in [-0.2, -0.15) is 0 Å². The highest BCUT2D eigenvalue weighted by Crippen LogP contribution is 2.30. The molecule has 2 heterocycles. The van der Waals surface area contributed by atoms with Gasteiger partial charge < -0.3 is 10.6 Å². The molecule has 1 aromatic carbocycles. The monoisotopic (exact) mass is 369 g/mol. The topological polar surface area (TPSA) is 53.7 Å². The van der Waals surface area contributed by atoms with Crippen LogP contribution in [0.3, 0.4) is 0 Å². The van der Waals surface area contributed by atoms with Crippen LogP contribution >= 0.6 is 11.3 Å². The molecule has 0 fully saturated rings. The number of hydrogen-bond donors (Lipinski definition) is 2. The predicted octanol–water partition coefficient (Wildman–Crippen LogP) is 3.82. The van der Waals surface area contributed by atoms with E-state index in [4.69, 9.17) is 0 Å². The van der Waals surface area contributed by atoms with Gasteiger partial charge in [0.25, 0.3) is 0 Å². The minimum atomic E-state index is 0.107. The van der Waals surface area contributed by atoms with E-state index in [0.717, 1.165) is 36.0 Å². The Morgan fingerprint density at radius 3 is 2.62 bits per heavy atom. The van der Waals surface area contributed by atoms with Gasteiger partial charge in [0.2, 0.25) is 0 Å². The third kappa shape index (κ3) is 3.90. The van der Waals surface area contributed by atoms with Crippen molar-refractivity contribution < 1.29 is 0 Å². The molecule has 2 aromatic heterocycles. The maximum absolute atomic E-state index is 4.60. The van der Waals surface area contributed by atoms with Crippen molar-refractivity contribution in [1.82, 2.24) is 20.0 Å². The van der Waals surface area contributed by atoms with Crippen molar-refractivity contribution in [1.29, 1.82) is 0 Å². The number of nitrogens with zero attached hydrogens (tertiary/aromatic N) is 3. The van der Waals surface area contributed by atoms with Crippen LogP contribution in [0.25, 0.3) is 4.96 Å². The van der Waals surface area contributed by atoms with Crippen molar-refractivity contribution in [3.05, 3.63) is 59.4 Å². The van der Waals surface area contributed by atoms with Crippen LogP contribution in [0.1, 0.15) is 37.9 Å². The van der Waals surface area contributed by atoms with Crippen molar-refractivity contribution in [3.63, 3.8) is 0 Å². The van der Waals surface area contributed by atoms with Gasteiger partial charge in [0, 0.05) is 36.8 Å². The Balaban J connectivity index is 1.62. The fourth-order valence-electron chi connectivity index (χ4n) is 3.31. The summed E-state index contributed by atoms with van der Waals surface area (Å²) in [7, 11) is 1.81. The van der Waals surface area contributed by atoms with E-state index in [2.05, 4.69) is 71.0 Å². The Morgan fingerprint density at radius 2 is 1.96 bits per heavy atom. The Hall–Kier alpha value is -2.34. The second-order valence-corrected chi connectivity index (χ2v) is 7.33. The van der Waals surface area contributed by atoms with Gasteiger partial charge in [0.1, 0.15) is 0 Å². The highest BCUT2D eigenvalue weighted by Gasteiger charge is 2.28. The predicted molar refractivity (Wildman–Crippen MR) is 110 cm³/mol. The lowest BCUT2D eigenvalue weighted by Crippen LogP contribution is -2.45. The maximum atomic E-state index is 4.60. The number of benzene rings is 1. The molecule has 0 saturated heterocycles. The Kier molecular flexibility index (Phi) is 5.93. The highest BCUT2D eigenvalue weighted by molar-refractivity contribution is 7.15. The van der Waals surface area contributed by atoms with Crippen molar-refractivity contribution in [2.24, 2.45) is 4.99 Å². The molecule has 0 saturated carbocycles. The molecule has 0 amide bonds. The molecule has 0 aliphatic rings. The molecule has 0 radical (unpaired) electrons.